The number of aliphatic hydroxyl groups excluding tert-OH is 1. The maximum atomic E-state index is 9.07. The summed E-state index contributed by atoms with van der Waals surface area (Å²) in [5.41, 5.74) is 1.29. The molecule has 0 spiro atoms. The van der Waals surface area contributed by atoms with Gasteiger partial charge in [-0.05, 0) is 19.4 Å². The number of aromatic nitrogens is 2. The highest BCUT2D eigenvalue weighted by Crippen LogP contribution is 2.36. The molecule has 0 amide bonds. The molecule has 4 nitrogen and oxygen atoms in total. The van der Waals surface area contributed by atoms with Crippen molar-refractivity contribution >= 4 is 27.4 Å². The predicted octanol–water partition coefficient (Wildman–Crippen LogP) is 1.74. The minimum absolute atomic E-state index is 0.270. The number of fused-ring (bicyclic) bond motifs is 1. The molecule has 0 bridgehead atoms. The van der Waals surface area contributed by atoms with Crippen LogP contribution >= 0.6 is 11.3 Å². The van der Waals surface area contributed by atoms with E-state index in [0.29, 0.717) is 5.92 Å². The number of thiophene rings is 1. The van der Waals surface area contributed by atoms with E-state index in [1.807, 2.05) is 0 Å². The predicted molar refractivity (Wildman–Crippen MR) is 69.7 cm³/mol. The molecular weight excluding hydrogens is 234 g/mol. The molecule has 1 N–H and O–H groups in total. The van der Waals surface area contributed by atoms with Gasteiger partial charge in [-0.2, -0.15) is 0 Å². The molecule has 0 unspecified atom stereocenters. The van der Waals surface area contributed by atoms with E-state index in [0.717, 1.165) is 23.7 Å². The summed E-state index contributed by atoms with van der Waals surface area (Å²) in [4.78, 5) is 13.3. The van der Waals surface area contributed by atoms with Gasteiger partial charge in [0.2, 0.25) is 0 Å². The van der Waals surface area contributed by atoms with E-state index in [1.165, 1.54) is 15.8 Å². The van der Waals surface area contributed by atoms with Crippen molar-refractivity contribution in [3.05, 3.63) is 16.8 Å². The van der Waals surface area contributed by atoms with Crippen LogP contribution in [0.3, 0.4) is 0 Å². The summed E-state index contributed by atoms with van der Waals surface area (Å²) in [6.45, 7) is 6.32. The van der Waals surface area contributed by atoms with E-state index in [4.69, 9.17) is 5.11 Å². The van der Waals surface area contributed by atoms with Gasteiger partial charge in [-0.25, -0.2) is 9.97 Å². The first-order valence-electron chi connectivity index (χ1n) is 5.77. The van der Waals surface area contributed by atoms with Gasteiger partial charge in [0.05, 0.1) is 5.39 Å². The molecule has 1 fully saturated rings. The molecule has 1 aliphatic rings. The number of aryl methyl sites for hydroxylation is 2. The number of hydrogen-bond acceptors (Lipinski definition) is 5. The minimum atomic E-state index is 0.270. The second kappa shape index (κ2) is 3.92. The Hall–Kier alpha value is -1.20. The number of nitrogens with zero attached hydrogens (tertiary/aromatic N) is 3. The van der Waals surface area contributed by atoms with Crippen LogP contribution in [0, 0.1) is 19.8 Å². The zero-order valence-corrected chi connectivity index (χ0v) is 10.8. The average molecular weight is 249 g/mol. The fourth-order valence-electron chi connectivity index (χ4n) is 2.26. The lowest BCUT2D eigenvalue weighted by molar-refractivity contribution is 0.200. The maximum absolute atomic E-state index is 9.07. The van der Waals surface area contributed by atoms with Crippen molar-refractivity contribution in [2.24, 2.45) is 5.92 Å². The Bertz CT molecular complexity index is 560. The van der Waals surface area contributed by atoms with Gasteiger partial charge in [0.25, 0.3) is 0 Å². The van der Waals surface area contributed by atoms with Crippen LogP contribution in [0.2, 0.25) is 0 Å². The zero-order chi connectivity index (χ0) is 12.0. The van der Waals surface area contributed by atoms with Gasteiger partial charge < -0.3 is 10.0 Å². The van der Waals surface area contributed by atoms with Gasteiger partial charge in [0, 0.05) is 30.5 Å². The molecule has 17 heavy (non-hydrogen) atoms. The monoisotopic (exact) mass is 249 g/mol. The van der Waals surface area contributed by atoms with Crippen LogP contribution in [-0.2, 0) is 0 Å². The fourth-order valence-corrected chi connectivity index (χ4v) is 3.25. The molecule has 3 rings (SSSR count). The Morgan fingerprint density at radius 1 is 1.41 bits per heavy atom. The lowest BCUT2D eigenvalue weighted by Crippen LogP contribution is -2.48. The highest BCUT2D eigenvalue weighted by Gasteiger charge is 2.29. The summed E-state index contributed by atoms with van der Waals surface area (Å²) >= 11 is 1.72. The van der Waals surface area contributed by atoms with Crippen LogP contribution in [0.4, 0.5) is 5.82 Å². The third-order valence-electron chi connectivity index (χ3n) is 3.46. The van der Waals surface area contributed by atoms with Crippen LogP contribution in [0.25, 0.3) is 10.2 Å². The standard InChI is InChI=1S/C12H15N3OS/c1-7-8(2)17-12-10(7)11(13-6-14-12)15-3-9(4-15)5-16/h6,9,16H,3-5H2,1-2H3. The summed E-state index contributed by atoms with van der Waals surface area (Å²) in [5, 5.41) is 10.3. The molecule has 2 aromatic heterocycles. The van der Waals surface area contributed by atoms with Crippen LogP contribution in [0.5, 0.6) is 0 Å². The van der Waals surface area contributed by atoms with E-state index >= 15 is 0 Å². The van der Waals surface area contributed by atoms with Crippen molar-refractivity contribution in [1.82, 2.24) is 9.97 Å². The number of rotatable bonds is 2. The molecule has 0 radical (unpaired) electrons. The van der Waals surface area contributed by atoms with Gasteiger partial charge in [-0.15, -0.1) is 11.3 Å². The fraction of sp³-hybridized carbons (Fsp3) is 0.500. The van der Waals surface area contributed by atoms with Crippen molar-refractivity contribution < 1.29 is 5.11 Å². The first-order chi connectivity index (χ1) is 8.20. The van der Waals surface area contributed by atoms with Gasteiger partial charge >= 0.3 is 0 Å². The molecule has 0 atom stereocenters. The third-order valence-corrected chi connectivity index (χ3v) is 4.58. The molecular formula is C12H15N3OS. The van der Waals surface area contributed by atoms with Crippen LogP contribution < -0.4 is 4.90 Å². The summed E-state index contributed by atoms with van der Waals surface area (Å²) in [5.74, 6) is 1.43. The van der Waals surface area contributed by atoms with Crippen molar-refractivity contribution in [2.45, 2.75) is 13.8 Å². The third kappa shape index (κ3) is 1.61. The van der Waals surface area contributed by atoms with Crippen molar-refractivity contribution in [3.8, 4) is 0 Å². The Kier molecular flexibility index (Phi) is 2.52. The first-order valence-corrected chi connectivity index (χ1v) is 6.59. The smallest absolute Gasteiger partial charge is 0.141 e. The highest BCUT2D eigenvalue weighted by atomic mass is 32.1. The van der Waals surface area contributed by atoms with E-state index in [9.17, 15) is 0 Å². The molecule has 0 saturated carbocycles. The lowest BCUT2D eigenvalue weighted by Gasteiger charge is -2.39. The average Bonchev–Trinajstić information content (AvgIpc) is 2.54. The molecule has 90 valence electrons. The van der Waals surface area contributed by atoms with Crippen LogP contribution in [-0.4, -0.2) is 34.8 Å². The molecule has 3 heterocycles. The summed E-state index contributed by atoms with van der Waals surface area (Å²) in [6, 6.07) is 0. The lowest BCUT2D eigenvalue weighted by atomic mass is 10.0. The first kappa shape index (κ1) is 10.9. The van der Waals surface area contributed by atoms with E-state index in [-0.39, 0.29) is 6.61 Å². The topological polar surface area (TPSA) is 49.2 Å². The minimum Gasteiger partial charge on any atom is -0.396 e. The van der Waals surface area contributed by atoms with Gasteiger partial charge in [0.15, 0.2) is 0 Å². The van der Waals surface area contributed by atoms with Gasteiger partial charge in [0.1, 0.15) is 17.0 Å². The summed E-state index contributed by atoms with van der Waals surface area (Å²) < 4.78 is 0. The van der Waals surface area contributed by atoms with Crippen molar-refractivity contribution in [3.63, 3.8) is 0 Å². The SMILES string of the molecule is Cc1sc2ncnc(N3CC(CO)C3)c2c1C. The Morgan fingerprint density at radius 3 is 2.88 bits per heavy atom. The Balaban J connectivity index is 2.05. The Morgan fingerprint density at radius 2 is 2.18 bits per heavy atom. The number of aliphatic hydroxyl groups is 1. The Labute approximate surface area is 104 Å². The molecule has 2 aromatic rings. The molecule has 0 aromatic carbocycles. The largest absolute Gasteiger partial charge is 0.396 e. The van der Waals surface area contributed by atoms with Crippen LogP contribution in [0.15, 0.2) is 6.33 Å². The molecule has 1 saturated heterocycles. The number of anilines is 1. The second-order valence-corrected chi connectivity index (χ2v) is 5.82. The van der Waals surface area contributed by atoms with Crippen molar-refractivity contribution in [2.75, 3.05) is 24.6 Å². The van der Waals surface area contributed by atoms with E-state index in [1.54, 1.807) is 17.7 Å². The second-order valence-electron chi connectivity index (χ2n) is 4.61. The summed E-state index contributed by atoms with van der Waals surface area (Å²) in [7, 11) is 0. The van der Waals surface area contributed by atoms with Gasteiger partial charge in [-0.3, -0.25) is 0 Å². The quantitative estimate of drug-likeness (QED) is 0.880. The van der Waals surface area contributed by atoms with E-state index < -0.39 is 0 Å². The maximum Gasteiger partial charge on any atom is 0.141 e. The summed E-state index contributed by atoms with van der Waals surface area (Å²) in [6.07, 6.45) is 1.64. The number of hydrogen-bond donors (Lipinski definition) is 1. The molecule has 1 aliphatic heterocycles. The van der Waals surface area contributed by atoms with E-state index in [2.05, 4.69) is 28.7 Å². The van der Waals surface area contributed by atoms with Gasteiger partial charge in [-0.1, -0.05) is 0 Å². The zero-order valence-electron chi connectivity index (χ0n) is 9.97. The molecule has 5 heteroatoms. The molecule has 0 aliphatic carbocycles. The highest BCUT2D eigenvalue weighted by molar-refractivity contribution is 7.18. The van der Waals surface area contributed by atoms with Crippen molar-refractivity contribution in [1.29, 1.82) is 0 Å². The van der Waals surface area contributed by atoms with Crippen LogP contribution in [0.1, 0.15) is 10.4 Å². The normalized spacial score (nSPS) is 16.5.